The Hall–Kier alpha value is -3.43. The highest BCUT2D eigenvalue weighted by Crippen LogP contribution is 2.25. The normalized spacial score (nSPS) is 13.8. The summed E-state index contributed by atoms with van der Waals surface area (Å²) in [5.41, 5.74) is 2.41. The van der Waals surface area contributed by atoms with Crippen LogP contribution in [0.25, 0.3) is 10.2 Å². The second-order valence-electron chi connectivity index (χ2n) is 8.11. The van der Waals surface area contributed by atoms with E-state index >= 15 is 0 Å². The zero-order chi connectivity index (χ0) is 24.9. The zero-order valence-corrected chi connectivity index (χ0v) is 20.4. The van der Waals surface area contributed by atoms with E-state index < -0.39 is 11.9 Å². The Morgan fingerprint density at radius 3 is 2.49 bits per heavy atom. The third-order valence-corrected chi connectivity index (χ3v) is 6.28. The summed E-state index contributed by atoms with van der Waals surface area (Å²) in [6.07, 6.45) is 6.11. The third-order valence-electron chi connectivity index (χ3n) is 5.28. The van der Waals surface area contributed by atoms with Crippen molar-refractivity contribution in [2.45, 2.75) is 32.2 Å². The Balaban J connectivity index is 0.000000371. The van der Waals surface area contributed by atoms with Crippen LogP contribution in [-0.2, 0) is 16.1 Å². The molecule has 35 heavy (non-hydrogen) atoms. The Labute approximate surface area is 208 Å². The van der Waals surface area contributed by atoms with Gasteiger partial charge in [0, 0.05) is 25.2 Å². The van der Waals surface area contributed by atoms with Crippen LogP contribution in [0.5, 0.6) is 5.75 Å². The lowest BCUT2D eigenvalue weighted by Gasteiger charge is -2.26. The SMILES string of the molecule is O=C(O)/C=C\C(=O)O.c1cc(CN2CCCCC2)cc(OCCCNc2nc3ccccc3s2)c1. The molecule has 1 aromatic heterocycles. The minimum atomic E-state index is -1.26. The first-order valence-electron chi connectivity index (χ1n) is 11.7. The number of aromatic nitrogens is 1. The van der Waals surface area contributed by atoms with Gasteiger partial charge in [0.1, 0.15) is 5.75 Å². The molecule has 0 amide bonds. The first-order chi connectivity index (χ1) is 17.0. The largest absolute Gasteiger partial charge is 0.494 e. The number of carbonyl (C=O) groups is 2. The lowest BCUT2D eigenvalue weighted by Crippen LogP contribution is -2.29. The monoisotopic (exact) mass is 497 g/mol. The van der Waals surface area contributed by atoms with Gasteiger partial charge in [-0.2, -0.15) is 0 Å². The number of benzene rings is 2. The number of nitrogens with zero attached hydrogens (tertiary/aromatic N) is 2. The Kier molecular flexibility index (Phi) is 10.5. The topological polar surface area (TPSA) is 112 Å². The molecule has 9 heteroatoms. The number of carboxylic acids is 2. The molecule has 8 nitrogen and oxygen atoms in total. The fourth-order valence-corrected chi connectivity index (χ4v) is 4.55. The van der Waals surface area contributed by atoms with Crippen LogP contribution >= 0.6 is 11.3 Å². The summed E-state index contributed by atoms with van der Waals surface area (Å²) in [7, 11) is 0. The van der Waals surface area contributed by atoms with Crippen molar-refractivity contribution in [2.24, 2.45) is 0 Å². The summed E-state index contributed by atoms with van der Waals surface area (Å²) < 4.78 is 7.18. The van der Waals surface area contributed by atoms with Crippen molar-refractivity contribution in [3.8, 4) is 5.75 Å². The van der Waals surface area contributed by atoms with Crippen LogP contribution in [0.15, 0.2) is 60.7 Å². The highest BCUT2D eigenvalue weighted by atomic mass is 32.1. The molecule has 0 aliphatic carbocycles. The maximum Gasteiger partial charge on any atom is 0.328 e. The Morgan fingerprint density at radius 1 is 1.03 bits per heavy atom. The van der Waals surface area contributed by atoms with Crippen LogP contribution in [0.3, 0.4) is 0 Å². The van der Waals surface area contributed by atoms with Gasteiger partial charge in [-0.15, -0.1) is 0 Å². The van der Waals surface area contributed by atoms with Gasteiger partial charge in [0.05, 0.1) is 16.8 Å². The highest BCUT2D eigenvalue weighted by molar-refractivity contribution is 7.22. The van der Waals surface area contributed by atoms with Crippen molar-refractivity contribution in [1.29, 1.82) is 0 Å². The molecule has 1 aliphatic heterocycles. The summed E-state index contributed by atoms with van der Waals surface area (Å²) in [5.74, 6) is -1.54. The number of rotatable bonds is 10. The molecule has 0 atom stereocenters. The number of fused-ring (bicyclic) bond motifs is 1. The van der Waals surface area contributed by atoms with E-state index in [2.05, 4.69) is 57.7 Å². The minimum Gasteiger partial charge on any atom is -0.494 e. The average molecular weight is 498 g/mol. The van der Waals surface area contributed by atoms with Crippen LogP contribution in [0, 0.1) is 0 Å². The van der Waals surface area contributed by atoms with E-state index in [-0.39, 0.29) is 0 Å². The quantitative estimate of drug-likeness (QED) is 0.269. The van der Waals surface area contributed by atoms with Crippen LogP contribution in [-0.4, -0.2) is 58.3 Å². The molecule has 0 unspecified atom stereocenters. The smallest absolute Gasteiger partial charge is 0.328 e. The summed E-state index contributed by atoms with van der Waals surface area (Å²) in [6.45, 7) is 5.07. The average Bonchev–Trinajstić information content (AvgIpc) is 3.27. The number of para-hydroxylation sites is 1. The molecule has 0 spiro atoms. The predicted molar refractivity (Wildman–Crippen MR) is 138 cm³/mol. The van der Waals surface area contributed by atoms with Crippen LogP contribution in [0.1, 0.15) is 31.2 Å². The number of anilines is 1. The number of nitrogens with one attached hydrogen (secondary N) is 1. The van der Waals surface area contributed by atoms with Gasteiger partial charge in [0.2, 0.25) is 0 Å². The number of carboxylic acid groups (broad SMARTS) is 2. The van der Waals surface area contributed by atoms with Gasteiger partial charge in [-0.1, -0.05) is 42.0 Å². The summed E-state index contributed by atoms with van der Waals surface area (Å²) in [5, 5.41) is 20.0. The van der Waals surface area contributed by atoms with Crippen molar-refractivity contribution < 1.29 is 24.5 Å². The van der Waals surface area contributed by atoms with Crippen molar-refractivity contribution in [2.75, 3.05) is 31.6 Å². The van der Waals surface area contributed by atoms with Gasteiger partial charge >= 0.3 is 11.9 Å². The lowest BCUT2D eigenvalue weighted by molar-refractivity contribution is -0.134. The summed E-state index contributed by atoms with van der Waals surface area (Å²) in [6, 6.07) is 16.8. The van der Waals surface area contributed by atoms with Crippen molar-refractivity contribution in [3.05, 3.63) is 66.2 Å². The molecule has 2 aromatic carbocycles. The fraction of sp³-hybridized carbons (Fsp3) is 0.346. The molecular weight excluding hydrogens is 466 g/mol. The van der Waals surface area contributed by atoms with Crippen molar-refractivity contribution >= 4 is 38.6 Å². The molecule has 3 N–H and O–H groups in total. The van der Waals surface area contributed by atoms with E-state index in [0.717, 1.165) is 35.9 Å². The number of aliphatic carboxylic acids is 2. The van der Waals surface area contributed by atoms with Crippen LogP contribution < -0.4 is 10.1 Å². The second-order valence-corrected chi connectivity index (χ2v) is 9.14. The molecule has 3 aromatic rings. The molecule has 0 saturated carbocycles. The van der Waals surface area contributed by atoms with E-state index in [0.29, 0.717) is 18.8 Å². The number of hydrogen-bond donors (Lipinski definition) is 3. The predicted octanol–water partition coefficient (Wildman–Crippen LogP) is 4.88. The Morgan fingerprint density at radius 2 is 1.77 bits per heavy atom. The highest BCUT2D eigenvalue weighted by Gasteiger charge is 2.10. The van der Waals surface area contributed by atoms with E-state index in [9.17, 15) is 9.59 Å². The molecule has 4 rings (SSSR count). The molecule has 1 saturated heterocycles. The molecule has 0 bridgehead atoms. The number of likely N-dealkylation sites (tertiary alicyclic amines) is 1. The first kappa shape index (κ1) is 26.2. The minimum absolute atomic E-state index is 0.558. The third kappa shape index (κ3) is 9.76. The van der Waals surface area contributed by atoms with Gasteiger partial charge in [-0.25, -0.2) is 14.6 Å². The van der Waals surface area contributed by atoms with E-state index in [1.54, 1.807) is 11.3 Å². The number of thiazole rings is 1. The molecule has 1 aliphatic rings. The number of ether oxygens (including phenoxy) is 1. The maximum absolute atomic E-state index is 9.55. The number of hydrogen-bond acceptors (Lipinski definition) is 7. The lowest BCUT2D eigenvalue weighted by atomic mass is 10.1. The zero-order valence-electron chi connectivity index (χ0n) is 19.6. The Bertz CT molecular complexity index is 1080. The van der Waals surface area contributed by atoms with Gasteiger partial charge in [-0.05, 0) is 62.2 Å². The van der Waals surface area contributed by atoms with Crippen LogP contribution in [0.2, 0.25) is 0 Å². The van der Waals surface area contributed by atoms with Crippen molar-refractivity contribution in [1.82, 2.24) is 9.88 Å². The number of piperidine rings is 1. The molecule has 1 fully saturated rings. The molecule has 0 radical (unpaired) electrons. The standard InChI is InChI=1S/C22H27N3OS.C4H4O4/c1-4-13-25(14-5-1)17-18-8-6-9-19(16-18)26-15-7-12-23-22-24-20-10-2-3-11-21(20)27-22;5-3(6)1-2-4(7)8/h2-3,6,8-11,16H,1,4-5,7,12-15,17H2,(H,23,24);1-2H,(H,5,6)(H,7,8)/b;2-1-. The first-order valence-corrected chi connectivity index (χ1v) is 12.5. The summed E-state index contributed by atoms with van der Waals surface area (Å²) in [4.78, 5) is 26.3. The fourth-order valence-electron chi connectivity index (χ4n) is 3.66. The van der Waals surface area contributed by atoms with Crippen molar-refractivity contribution in [3.63, 3.8) is 0 Å². The van der Waals surface area contributed by atoms with Crippen LogP contribution in [0.4, 0.5) is 5.13 Å². The van der Waals surface area contributed by atoms with Gasteiger partial charge in [0.15, 0.2) is 5.13 Å². The van der Waals surface area contributed by atoms with E-state index in [1.165, 1.54) is 42.6 Å². The van der Waals surface area contributed by atoms with Gasteiger partial charge < -0.3 is 20.3 Å². The second kappa shape index (κ2) is 14.1. The molecule has 186 valence electrons. The summed E-state index contributed by atoms with van der Waals surface area (Å²) >= 11 is 1.70. The molecular formula is C26H31N3O5S. The maximum atomic E-state index is 9.55. The van der Waals surface area contributed by atoms with E-state index in [4.69, 9.17) is 14.9 Å². The van der Waals surface area contributed by atoms with E-state index in [1.807, 2.05) is 6.07 Å². The van der Waals surface area contributed by atoms with Gasteiger partial charge in [-0.3, -0.25) is 4.90 Å². The van der Waals surface area contributed by atoms with Gasteiger partial charge in [0.25, 0.3) is 0 Å². The molecule has 2 heterocycles.